The molecule has 0 saturated carbocycles. The zero-order chi connectivity index (χ0) is 14.4. The van der Waals surface area contributed by atoms with Crippen LogP contribution in [0.2, 0.25) is 5.02 Å². The first-order valence-corrected chi connectivity index (χ1v) is 6.75. The molecule has 2 rings (SSSR count). The van der Waals surface area contributed by atoms with Gasteiger partial charge in [0.2, 0.25) is 0 Å². The van der Waals surface area contributed by atoms with Crippen molar-refractivity contribution in [1.29, 1.82) is 5.26 Å². The fourth-order valence-electron chi connectivity index (χ4n) is 1.70. The molecule has 0 radical (unpaired) electrons. The van der Waals surface area contributed by atoms with E-state index >= 15 is 0 Å². The second kappa shape index (κ2) is 6.90. The van der Waals surface area contributed by atoms with Gasteiger partial charge in [0, 0.05) is 10.7 Å². The van der Waals surface area contributed by atoms with Crippen LogP contribution in [0.4, 0.5) is 5.69 Å². The van der Waals surface area contributed by atoms with E-state index in [2.05, 4.69) is 16.7 Å². The van der Waals surface area contributed by atoms with Crippen molar-refractivity contribution in [3.05, 3.63) is 65.2 Å². The summed E-state index contributed by atoms with van der Waals surface area (Å²) in [7, 11) is 0. The third-order valence-electron chi connectivity index (χ3n) is 2.62. The normalized spacial score (nSPS) is 11.2. The van der Waals surface area contributed by atoms with Gasteiger partial charge < -0.3 is 10.6 Å². The molecule has 0 heterocycles. The van der Waals surface area contributed by atoms with Gasteiger partial charge >= 0.3 is 0 Å². The number of nitrogens with zero attached hydrogens (tertiary/aromatic N) is 1. The van der Waals surface area contributed by atoms with Crippen molar-refractivity contribution in [2.24, 2.45) is 0 Å². The highest BCUT2D eigenvalue weighted by Crippen LogP contribution is 2.16. The molecule has 0 fully saturated rings. The standard InChI is InChI=1S/C15H12ClN3S/c16-12-7-4-8-13(9-12)18-15(20)19-14(10-17)11-5-2-1-3-6-11/h1-9,14H,(H2,18,19,20)/t14-/m0/s1. The van der Waals surface area contributed by atoms with E-state index in [0.717, 1.165) is 11.3 Å². The Bertz CT molecular complexity index is 637. The minimum atomic E-state index is -0.490. The van der Waals surface area contributed by atoms with Gasteiger partial charge in [-0.1, -0.05) is 48.0 Å². The number of benzene rings is 2. The van der Waals surface area contributed by atoms with Crippen LogP contribution in [0.5, 0.6) is 0 Å². The van der Waals surface area contributed by atoms with E-state index in [9.17, 15) is 5.26 Å². The van der Waals surface area contributed by atoms with Gasteiger partial charge in [0.15, 0.2) is 5.11 Å². The highest BCUT2D eigenvalue weighted by Gasteiger charge is 2.11. The van der Waals surface area contributed by atoms with Crippen molar-refractivity contribution in [1.82, 2.24) is 5.32 Å². The molecular formula is C15H12ClN3S. The number of hydrogen-bond donors (Lipinski definition) is 2. The Morgan fingerprint density at radius 2 is 1.90 bits per heavy atom. The van der Waals surface area contributed by atoms with Gasteiger partial charge in [-0.05, 0) is 36.0 Å². The van der Waals surface area contributed by atoms with Crippen LogP contribution in [-0.2, 0) is 0 Å². The Kier molecular flexibility index (Phi) is 4.94. The summed E-state index contributed by atoms with van der Waals surface area (Å²) in [5.74, 6) is 0. The maximum atomic E-state index is 9.22. The Morgan fingerprint density at radius 1 is 1.15 bits per heavy atom. The summed E-state index contributed by atoms with van der Waals surface area (Å²) in [6, 6.07) is 18.3. The Labute approximate surface area is 128 Å². The molecule has 0 aliphatic carbocycles. The molecule has 2 aromatic rings. The fraction of sp³-hybridized carbons (Fsp3) is 0.0667. The summed E-state index contributed by atoms with van der Waals surface area (Å²) < 4.78 is 0. The molecule has 0 aliphatic rings. The van der Waals surface area contributed by atoms with Crippen molar-refractivity contribution in [3.8, 4) is 6.07 Å². The van der Waals surface area contributed by atoms with E-state index in [1.807, 2.05) is 42.5 Å². The lowest BCUT2D eigenvalue weighted by atomic mass is 10.1. The van der Waals surface area contributed by atoms with Crippen molar-refractivity contribution in [3.63, 3.8) is 0 Å². The van der Waals surface area contributed by atoms with Crippen LogP contribution >= 0.6 is 23.8 Å². The molecular weight excluding hydrogens is 290 g/mol. The SMILES string of the molecule is N#C[C@H](NC(=S)Nc1cccc(Cl)c1)c1ccccc1. The molecule has 2 N–H and O–H groups in total. The van der Waals surface area contributed by atoms with Gasteiger partial charge in [0.25, 0.3) is 0 Å². The maximum Gasteiger partial charge on any atom is 0.172 e. The molecule has 1 atom stereocenters. The molecule has 0 aliphatic heterocycles. The summed E-state index contributed by atoms with van der Waals surface area (Å²) in [5.41, 5.74) is 1.64. The highest BCUT2D eigenvalue weighted by molar-refractivity contribution is 7.80. The second-order valence-corrected chi connectivity index (χ2v) is 4.93. The van der Waals surface area contributed by atoms with Gasteiger partial charge in [-0.15, -0.1) is 0 Å². The predicted molar refractivity (Wildman–Crippen MR) is 85.6 cm³/mol. The number of anilines is 1. The number of hydrogen-bond acceptors (Lipinski definition) is 2. The second-order valence-electron chi connectivity index (χ2n) is 4.08. The van der Waals surface area contributed by atoms with Crippen LogP contribution in [0.25, 0.3) is 0 Å². The van der Waals surface area contributed by atoms with Crippen LogP contribution in [0.1, 0.15) is 11.6 Å². The molecule has 0 aromatic heterocycles. The zero-order valence-corrected chi connectivity index (χ0v) is 12.1. The number of rotatable bonds is 3. The molecule has 0 bridgehead atoms. The lowest BCUT2D eigenvalue weighted by Crippen LogP contribution is -2.31. The van der Waals surface area contributed by atoms with Crippen LogP contribution in [-0.4, -0.2) is 5.11 Å². The topological polar surface area (TPSA) is 47.9 Å². The van der Waals surface area contributed by atoms with Crippen molar-refractivity contribution >= 4 is 34.6 Å². The van der Waals surface area contributed by atoms with E-state index < -0.39 is 6.04 Å². The van der Waals surface area contributed by atoms with Crippen molar-refractivity contribution < 1.29 is 0 Å². The zero-order valence-electron chi connectivity index (χ0n) is 10.5. The van der Waals surface area contributed by atoms with E-state index in [0.29, 0.717) is 10.1 Å². The summed E-state index contributed by atoms with van der Waals surface area (Å²) >= 11 is 11.1. The van der Waals surface area contributed by atoms with E-state index in [1.165, 1.54) is 0 Å². The fourth-order valence-corrected chi connectivity index (χ4v) is 2.13. The summed E-state index contributed by atoms with van der Waals surface area (Å²) in [6.45, 7) is 0. The van der Waals surface area contributed by atoms with Crippen LogP contribution in [0.15, 0.2) is 54.6 Å². The van der Waals surface area contributed by atoms with Gasteiger partial charge in [0.1, 0.15) is 6.04 Å². The average Bonchev–Trinajstić information content (AvgIpc) is 2.45. The summed E-state index contributed by atoms with van der Waals surface area (Å²) in [5, 5.41) is 16.2. The maximum absolute atomic E-state index is 9.22. The molecule has 0 spiro atoms. The van der Waals surface area contributed by atoms with E-state index in [-0.39, 0.29) is 0 Å². The molecule has 3 nitrogen and oxygen atoms in total. The highest BCUT2D eigenvalue weighted by atomic mass is 35.5. The third kappa shape index (κ3) is 3.95. The molecule has 0 amide bonds. The molecule has 2 aromatic carbocycles. The van der Waals surface area contributed by atoms with Gasteiger partial charge in [-0.3, -0.25) is 0 Å². The average molecular weight is 302 g/mol. The minimum Gasteiger partial charge on any atom is -0.343 e. The van der Waals surface area contributed by atoms with Gasteiger partial charge in [0.05, 0.1) is 6.07 Å². The van der Waals surface area contributed by atoms with Crippen LogP contribution < -0.4 is 10.6 Å². The molecule has 0 unspecified atom stereocenters. The first-order chi connectivity index (χ1) is 9.69. The molecule has 0 saturated heterocycles. The number of halogens is 1. The molecule has 5 heteroatoms. The first kappa shape index (κ1) is 14.3. The van der Waals surface area contributed by atoms with Crippen molar-refractivity contribution in [2.75, 3.05) is 5.32 Å². The van der Waals surface area contributed by atoms with Crippen LogP contribution in [0, 0.1) is 11.3 Å². The van der Waals surface area contributed by atoms with E-state index in [1.54, 1.807) is 12.1 Å². The number of nitriles is 1. The monoisotopic (exact) mass is 301 g/mol. The van der Waals surface area contributed by atoms with Gasteiger partial charge in [-0.2, -0.15) is 5.26 Å². The van der Waals surface area contributed by atoms with E-state index in [4.69, 9.17) is 23.8 Å². The lowest BCUT2D eigenvalue weighted by Gasteiger charge is -2.15. The smallest absolute Gasteiger partial charge is 0.172 e. The largest absolute Gasteiger partial charge is 0.343 e. The van der Waals surface area contributed by atoms with Crippen molar-refractivity contribution in [2.45, 2.75) is 6.04 Å². The summed E-state index contributed by atoms with van der Waals surface area (Å²) in [6.07, 6.45) is 0. The predicted octanol–water partition coefficient (Wildman–Crippen LogP) is 3.89. The quantitative estimate of drug-likeness (QED) is 0.844. The van der Waals surface area contributed by atoms with Gasteiger partial charge in [-0.25, -0.2) is 0 Å². The Balaban J connectivity index is 2.02. The van der Waals surface area contributed by atoms with Crippen LogP contribution in [0.3, 0.4) is 0 Å². The Morgan fingerprint density at radius 3 is 2.55 bits per heavy atom. The molecule has 100 valence electrons. The third-order valence-corrected chi connectivity index (χ3v) is 3.07. The Hall–Kier alpha value is -2.09. The minimum absolute atomic E-state index is 0.377. The summed E-state index contributed by atoms with van der Waals surface area (Å²) in [4.78, 5) is 0. The molecule has 20 heavy (non-hydrogen) atoms. The number of nitrogens with one attached hydrogen (secondary N) is 2. The first-order valence-electron chi connectivity index (χ1n) is 5.96. The lowest BCUT2D eigenvalue weighted by molar-refractivity contribution is 0.812. The number of thiocarbonyl (C=S) groups is 1.